The molecule has 0 aromatic heterocycles. The zero-order chi connectivity index (χ0) is 19.9. The van der Waals surface area contributed by atoms with Crippen LogP contribution in [0, 0.1) is 6.92 Å². The van der Waals surface area contributed by atoms with E-state index in [0.29, 0.717) is 24.5 Å². The Morgan fingerprint density at radius 3 is 2.56 bits per heavy atom. The van der Waals surface area contributed by atoms with E-state index in [1.807, 2.05) is 0 Å². The molecule has 8 heteroatoms. The van der Waals surface area contributed by atoms with E-state index in [9.17, 15) is 13.2 Å². The van der Waals surface area contributed by atoms with E-state index in [1.165, 1.54) is 18.2 Å². The number of benzene rings is 2. The van der Waals surface area contributed by atoms with Gasteiger partial charge in [0, 0.05) is 12.8 Å². The second-order valence-electron chi connectivity index (χ2n) is 5.68. The van der Waals surface area contributed by atoms with Gasteiger partial charge in [-0.05, 0) is 55.8 Å². The van der Waals surface area contributed by atoms with Crippen molar-refractivity contribution in [1.82, 2.24) is 0 Å². The molecule has 0 amide bonds. The van der Waals surface area contributed by atoms with Crippen LogP contribution in [0.1, 0.15) is 22.8 Å². The molecule has 0 aliphatic rings. The number of nitrogens with one attached hydrogen (secondary N) is 1. The average molecular weight is 393 g/mol. The predicted octanol–water partition coefficient (Wildman–Crippen LogP) is 3.00. The van der Waals surface area contributed by atoms with Gasteiger partial charge in [-0.25, -0.2) is 13.2 Å². The van der Waals surface area contributed by atoms with Gasteiger partial charge in [0.25, 0.3) is 10.0 Å². The van der Waals surface area contributed by atoms with Gasteiger partial charge in [0.15, 0.2) is 0 Å². The first kappa shape index (κ1) is 20.7. The topological polar surface area (TPSA) is 90.9 Å². The fourth-order valence-corrected chi connectivity index (χ4v) is 3.46. The van der Waals surface area contributed by atoms with Gasteiger partial charge in [-0.1, -0.05) is 6.07 Å². The summed E-state index contributed by atoms with van der Waals surface area (Å²) in [5.74, 6) is 0.0854. The van der Waals surface area contributed by atoms with Crippen molar-refractivity contribution in [1.29, 1.82) is 0 Å². The Kier molecular flexibility index (Phi) is 7.20. The highest BCUT2D eigenvalue weighted by Crippen LogP contribution is 2.24. The third kappa shape index (κ3) is 5.70. The minimum atomic E-state index is -3.81. The molecule has 0 aliphatic carbocycles. The van der Waals surface area contributed by atoms with Crippen molar-refractivity contribution in [3.8, 4) is 5.75 Å². The maximum Gasteiger partial charge on any atom is 0.338 e. The van der Waals surface area contributed by atoms with Crippen LogP contribution in [0.3, 0.4) is 0 Å². The molecule has 0 spiro atoms. The summed E-state index contributed by atoms with van der Waals surface area (Å²) in [6.45, 7) is 4.53. The lowest BCUT2D eigenvalue weighted by Gasteiger charge is -2.12. The zero-order valence-corrected chi connectivity index (χ0v) is 16.3. The van der Waals surface area contributed by atoms with Crippen molar-refractivity contribution >= 4 is 21.7 Å². The smallest absolute Gasteiger partial charge is 0.338 e. The molecule has 0 radical (unpaired) electrons. The Labute approximate surface area is 159 Å². The van der Waals surface area contributed by atoms with Gasteiger partial charge in [-0.2, -0.15) is 0 Å². The van der Waals surface area contributed by atoms with Crippen LogP contribution in [0.5, 0.6) is 5.75 Å². The largest absolute Gasteiger partial charge is 0.491 e. The Morgan fingerprint density at radius 2 is 1.89 bits per heavy atom. The number of carbonyl (C=O) groups excluding carboxylic acids is 1. The van der Waals surface area contributed by atoms with Crippen molar-refractivity contribution in [2.45, 2.75) is 18.7 Å². The maximum absolute atomic E-state index is 12.6. The van der Waals surface area contributed by atoms with Crippen LogP contribution >= 0.6 is 0 Å². The molecular weight excluding hydrogens is 370 g/mol. The molecule has 0 unspecified atom stereocenters. The standard InChI is InChI=1S/C19H23NO6S/c1-4-25-19(21)15-6-5-7-16(13-15)20-27(22,23)17-8-9-18(14(2)12-17)26-11-10-24-3/h5-9,12-13,20H,4,10-11H2,1-3H3. The highest BCUT2D eigenvalue weighted by molar-refractivity contribution is 7.92. The number of esters is 1. The number of rotatable bonds is 9. The number of hydrogen-bond donors (Lipinski definition) is 1. The van der Waals surface area contributed by atoms with Gasteiger partial charge in [-0.15, -0.1) is 0 Å². The summed E-state index contributed by atoms with van der Waals surface area (Å²) in [4.78, 5) is 11.9. The number of anilines is 1. The average Bonchev–Trinajstić information content (AvgIpc) is 2.63. The second-order valence-corrected chi connectivity index (χ2v) is 7.36. The molecule has 146 valence electrons. The number of hydrogen-bond acceptors (Lipinski definition) is 6. The van der Waals surface area contributed by atoms with E-state index in [2.05, 4.69) is 4.72 Å². The molecule has 2 aromatic rings. The van der Waals surface area contributed by atoms with Crippen LogP contribution < -0.4 is 9.46 Å². The molecule has 7 nitrogen and oxygen atoms in total. The molecule has 2 rings (SSSR count). The van der Waals surface area contributed by atoms with Crippen LogP contribution in [-0.2, 0) is 19.5 Å². The summed E-state index contributed by atoms with van der Waals surface area (Å²) in [6, 6.07) is 10.7. The molecule has 27 heavy (non-hydrogen) atoms. The SMILES string of the molecule is CCOC(=O)c1cccc(NS(=O)(=O)c2ccc(OCCOC)c(C)c2)c1. The molecule has 0 bridgehead atoms. The third-order valence-corrected chi connectivity index (χ3v) is 5.01. The molecule has 0 aliphatic heterocycles. The molecule has 0 heterocycles. The number of ether oxygens (including phenoxy) is 3. The lowest BCUT2D eigenvalue weighted by Crippen LogP contribution is -2.14. The van der Waals surface area contributed by atoms with E-state index in [-0.39, 0.29) is 22.8 Å². The molecule has 0 atom stereocenters. The summed E-state index contributed by atoms with van der Waals surface area (Å²) in [5.41, 5.74) is 1.24. The van der Waals surface area contributed by atoms with Gasteiger partial charge < -0.3 is 14.2 Å². The molecule has 0 saturated carbocycles. The number of methoxy groups -OCH3 is 1. The van der Waals surface area contributed by atoms with Crippen LogP contribution in [-0.4, -0.2) is 41.3 Å². The molecule has 0 saturated heterocycles. The van der Waals surface area contributed by atoms with Crippen molar-refractivity contribution in [2.75, 3.05) is 31.7 Å². The second kappa shape index (κ2) is 9.38. The zero-order valence-electron chi connectivity index (χ0n) is 15.5. The van der Waals surface area contributed by atoms with Crippen LogP contribution in [0.15, 0.2) is 47.4 Å². The van der Waals surface area contributed by atoms with Crippen LogP contribution in [0.4, 0.5) is 5.69 Å². The van der Waals surface area contributed by atoms with Crippen molar-refractivity contribution < 1.29 is 27.4 Å². The van der Waals surface area contributed by atoms with Gasteiger partial charge in [0.2, 0.25) is 0 Å². The lowest BCUT2D eigenvalue weighted by atomic mass is 10.2. The fourth-order valence-electron chi connectivity index (χ4n) is 2.32. The normalized spacial score (nSPS) is 11.1. The van der Waals surface area contributed by atoms with Gasteiger partial charge in [0.05, 0.1) is 23.7 Å². The summed E-state index contributed by atoms with van der Waals surface area (Å²) in [6.07, 6.45) is 0. The van der Waals surface area contributed by atoms with E-state index in [0.717, 1.165) is 0 Å². The van der Waals surface area contributed by atoms with Gasteiger partial charge >= 0.3 is 5.97 Å². The minimum Gasteiger partial charge on any atom is -0.491 e. The van der Waals surface area contributed by atoms with E-state index < -0.39 is 16.0 Å². The Balaban J connectivity index is 2.18. The van der Waals surface area contributed by atoms with E-state index >= 15 is 0 Å². The minimum absolute atomic E-state index is 0.0978. The summed E-state index contributed by atoms with van der Waals surface area (Å²) in [5, 5.41) is 0. The number of sulfonamides is 1. The molecule has 2 aromatic carbocycles. The fraction of sp³-hybridized carbons (Fsp3) is 0.316. The Morgan fingerprint density at radius 1 is 1.11 bits per heavy atom. The summed E-state index contributed by atoms with van der Waals surface area (Å²) >= 11 is 0. The lowest BCUT2D eigenvalue weighted by molar-refractivity contribution is 0.0526. The molecular formula is C19H23NO6S. The first-order chi connectivity index (χ1) is 12.9. The summed E-state index contributed by atoms with van der Waals surface area (Å²) in [7, 11) is -2.24. The predicted molar refractivity (Wildman–Crippen MR) is 102 cm³/mol. The number of carbonyl (C=O) groups is 1. The van der Waals surface area contributed by atoms with Gasteiger partial charge in [0.1, 0.15) is 12.4 Å². The third-order valence-electron chi connectivity index (χ3n) is 3.63. The van der Waals surface area contributed by atoms with Gasteiger partial charge in [-0.3, -0.25) is 4.72 Å². The van der Waals surface area contributed by atoms with E-state index in [4.69, 9.17) is 14.2 Å². The molecule has 1 N–H and O–H groups in total. The monoisotopic (exact) mass is 393 g/mol. The first-order valence-corrected chi connectivity index (χ1v) is 9.88. The van der Waals surface area contributed by atoms with Crippen molar-refractivity contribution in [3.63, 3.8) is 0 Å². The van der Waals surface area contributed by atoms with Crippen LogP contribution in [0.2, 0.25) is 0 Å². The number of aryl methyl sites for hydroxylation is 1. The molecule has 0 fully saturated rings. The van der Waals surface area contributed by atoms with Crippen molar-refractivity contribution in [3.05, 3.63) is 53.6 Å². The quantitative estimate of drug-likeness (QED) is 0.520. The van der Waals surface area contributed by atoms with E-state index in [1.54, 1.807) is 45.2 Å². The Bertz CT molecular complexity index is 895. The maximum atomic E-state index is 12.6. The first-order valence-electron chi connectivity index (χ1n) is 8.39. The highest BCUT2D eigenvalue weighted by Gasteiger charge is 2.17. The highest BCUT2D eigenvalue weighted by atomic mass is 32.2. The van der Waals surface area contributed by atoms with Crippen molar-refractivity contribution in [2.24, 2.45) is 0 Å². The summed E-state index contributed by atoms with van der Waals surface area (Å²) < 4.78 is 43.2. The Hall–Kier alpha value is -2.58. The van der Waals surface area contributed by atoms with Crippen LogP contribution in [0.25, 0.3) is 0 Å².